The highest BCUT2D eigenvalue weighted by atomic mass is 35.5. The van der Waals surface area contributed by atoms with Crippen LogP contribution in [0, 0.1) is 0 Å². The summed E-state index contributed by atoms with van der Waals surface area (Å²) in [4.78, 5) is 12.4. The van der Waals surface area contributed by atoms with E-state index < -0.39 is 0 Å². The molecule has 2 aromatic carbocycles. The van der Waals surface area contributed by atoms with Gasteiger partial charge in [0.1, 0.15) is 5.82 Å². The highest BCUT2D eigenvalue weighted by Crippen LogP contribution is 2.26. The smallest absolute Gasteiger partial charge is 0.232 e. The number of halogens is 1. The Morgan fingerprint density at radius 1 is 1.19 bits per heavy atom. The first-order chi connectivity index (χ1) is 15.1. The largest absolute Gasteiger partial charge is 0.493 e. The summed E-state index contributed by atoms with van der Waals surface area (Å²) in [6.07, 6.45) is 1.85. The Bertz CT molecular complexity index is 1020. The summed E-state index contributed by atoms with van der Waals surface area (Å²) in [5.41, 5.74) is 0.673. The molecule has 0 aliphatic heterocycles. The lowest BCUT2D eigenvalue weighted by molar-refractivity contribution is -0.115. The molecule has 0 unspecified atom stereocenters. The average molecular weight is 459 g/mol. The summed E-state index contributed by atoms with van der Waals surface area (Å²) >= 11 is 7.38. The van der Waals surface area contributed by atoms with Crippen molar-refractivity contribution in [1.82, 2.24) is 14.8 Å². The van der Waals surface area contributed by atoms with E-state index in [9.17, 15) is 4.79 Å². The fraction of sp³-hybridized carbons (Fsp3) is 0.227. The van der Waals surface area contributed by atoms with Gasteiger partial charge in [-0.2, -0.15) is 0 Å². The van der Waals surface area contributed by atoms with Crippen LogP contribution in [-0.4, -0.2) is 40.1 Å². The van der Waals surface area contributed by atoms with Gasteiger partial charge in [0, 0.05) is 23.0 Å². The van der Waals surface area contributed by atoms with Crippen LogP contribution in [-0.2, 0) is 17.8 Å². The van der Waals surface area contributed by atoms with Gasteiger partial charge in [-0.25, -0.2) is 0 Å². The summed E-state index contributed by atoms with van der Waals surface area (Å²) in [5, 5.41) is 12.6. The van der Waals surface area contributed by atoms with E-state index in [2.05, 4.69) is 22.1 Å². The number of aromatic nitrogens is 3. The first kappa shape index (κ1) is 22.7. The van der Waals surface area contributed by atoms with Gasteiger partial charge in [-0.05, 0) is 36.4 Å². The maximum Gasteiger partial charge on any atom is 0.232 e. The Morgan fingerprint density at radius 3 is 2.65 bits per heavy atom. The first-order valence-corrected chi connectivity index (χ1v) is 10.9. The number of para-hydroxylation sites is 2. The van der Waals surface area contributed by atoms with E-state index in [4.69, 9.17) is 21.1 Å². The number of methoxy groups -OCH3 is 1. The number of carbonyl (C=O) groups is 1. The maximum atomic E-state index is 12.4. The summed E-state index contributed by atoms with van der Waals surface area (Å²) in [6, 6.07) is 14.4. The minimum absolute atomic E-state index is 0.0989. The molecule has 1 N–H and O–H groups in total. The molecule has 0 fully saturated rings. The fourth-order valence-corrected chi connectivity index (χ4v) is 3.68. The average Bonchev–Trinajstić information content (AvgIpc) is 3.14. The Balaban J connectivity index is 1.57. The normalized spacial score (nSPS) is 10.5. The van der Waals surface area contributed by atoms with E-state index in [0.717, 1.165) is 0 Å². The monoisotopic (exact) mass is 458 g/mol. The number of thioether (sulfide) groups is 1. The lowest BCUT2D eigenvalue weighted by atomic mass is 10.3. The molecule has 0 aliphatic carbocycles. The Kier molecular flexibility index (Phi) is 8.37. The molecule has 1 aromatic heterocycles. The van der Waals surface area contributed by atoms with E-state index in [1.807, 2.05) is 28.8 Å². The molecule has 162 valence electrons. The molecule has 0 spiro atoms. The van der Waals surface area contributed by atoms with Crippen molar-refractivity contribution in [2.75, 3.05) is 24.8 Å². The van der Waals surface area contributed by atoms with E-state index in [-0.39, 0.29) is 12.3 Å². The van der Waals surface area contributed by atoms with Crippen LogP contribution < -0.4 is 14.8 Å². The van der Waals surface area contributed by atoms with Crippen molar-refractivity contribution in [1.29, 1.82) is 0 Å². The summed E-state index contributed by atoms with van der Waals surface area (Å²) in [5.74, 6) is 2.43. The number of rotatable bonds is 11. The fourth-order valence-electron chi connectivity index (χ4n) is 2.77. The Labute approximate surface area is 190 Å². The van der Waals surface area contributed by atoms with Crippen LogP contribution in [0.4, 0.5) is 5.69 Å². The van der Waals surface area contributed by atoms with Crippen molar-refractivity contribution in [2.45, 2.75) is 18.1 Å². The highest BCUT2D eigenvalue weighted by Gasteiger charge is 2.15. The van der Waals surface area contributed by atoms with Crippen molar-refractivity contribution in [3.05, 3.63) is 72.0 Å². The number of carbonyl (C=O) groups excluding carboxylic acids is 1. The number of benzene rings is 2. The number of hydrogen-bond donors (Lipinski definition) is 1. The minimum atomic E-state index is -0.184. The topological polar surface area (TPSA) is 78.3 Å². The van der Waals surface area contributed by atoms with Crippen LogP contribution in [0.3, 0.4) is 0 Å². The minimum Gasteiger partial charge on any atom is -0.493 e. The molecule has 1 heterocycles. The number of ether oxygens (including phenoxy) is 2. The van der Waals surface area contributed by atoms with E-state index >= 15 is 0 Å². The zero-order chi connectivity index (χ0) is 22.1. The number of allylic oxidation sites excluding steroid dienone is 1. The third-order valence-electron chi connectivity index (χ3n) is 4.19. The number of nitrogens with zero attached hydrogens (tertiary/aromatic N) is 3. The van der Waals surface area contributed by atoms with Gasteiger partial charge in [0.15, 0.2) is 16.7 Å². The SMILES string of the molecule is C=CCn1c(CC(=O)Nc2ccc(Cl)cc2)nnc1SCCOc1ccccc1OC. The molecule has 0 atom stereocenters. The second-order valence-electron chi connectivity index (χ2n) is 6.38. The third-order valence-corrected chi connectivity index (χ3v) is 5.38. The van der Waals surface area contributed by atoms with Crippen LogP contribution in [0.5, 0.6) is 11.5 Å². The van der Waals surface area contributed by atoms with Crippen LogP contribution in [0.15, 0.2) is 66.3 Å². The van der Waals surface area contributed by atoms with Gasteiger partial charge in [-0.3, -0.25) is 4.79 Å². The lowest BCUT2D eigenvalue weighted by Crippen LogP contribution is -2.17. The van der Waals surface area contributed by atoms with E-state index in [0.29, 0.717) is 52.1 Å². The number of amides is 1. The van der Waals surface area contributed by atoms with Crippen LogP contribution >= 0.6 is 23.4 Å². The molecule has 7 nitrogen and oxygen atoms in total. The second-order valence-corrected chi connectivity index (χ2v) is 7.88. The molecular weight excluding hydrogens is 436 g/mol. The van der Waals surface area contributed by atoms with Crippen molar-refractivity contribution in [3.8, 4) is 11.5 Å². The summed E-state index contributed by atoms with van der Waals surface area (Å²) in [6.45, 7) is 4.77. The molecule has 1 amide bonds. The van der Waals surface area contributed by atoms with Gasteiger partial charge in [-0.15, -0.1) is 16.8 Å². The molecule has 0 saturated carbocycles. The lowest BCUT2D eigenvalue weighted by Gasteiger charge is -2.10. The number of hydrogen-bond acceptors (Lipinski definition) is 6. The molecular formula is C22H23ClN4O3S. The standard InChI is InChI=1S/C22H23ClN4O3S/c1-3-12-27-20(15-21(28)24-17-10-8-16(23)9-11-17)25-26-22(27)31-14-13-30-19-7-5-4-6-18(19)29-2/h3-11H,1,12-15H2,2H3,(H,24,28). The van der Waals surface area contributed by atoms with E-state index in [1.54, 1.807) is 37.5 Å². The summed E-state index contributed by atoms with van der Waals surface area (Å²) in [7, 11) is 1.61. The predicted molar refractivity (Wildman–Crippen MR) is 123 cm³/mol. The van der Waals surface area contributed by atoms with Crippen LogP contribution in [0.2, 0.25) is 5.02 Å². The predicted octanol–water partition coefficient (Wildman–Crippen LogP) is 4.48. The molecule has 0 aliphatic rings. The zero-order valence-electron chi connectivity index (χ0n) is 17.1. The number of anilines is 1. The highest BCUT2D eigenvalue weighted by molar-refractivity contribution is 7.99. The van der Waals surface area contributed by atoms with Gasteiger partial charge in [0.25, 0.3) is 0 Å². The zero-order valence-corrected chi connectivity index (χ0v) is 18.7. The maximum absolute atomic E-state index is 12.4. The molecule has 3 aromatic rings. The van der Waals surface area contributed by atoms with Gasteiger partial charge in [0.2, 0.25) is 5.91 Å². The number of nitrogens with one attached hydrogen (secondary N) is 1. The molecule has 0 radical (unpaired) electrons. The van der Waals surface area contributed by atoms with Gasteiger partial charge in [-0.1, -0.05) is 41.6 Å². The molecule has 0 bridgehead atoms. The van der Waals surface area contributed by atoms with Crippen molar-refractivity contribution in [2.24, 2.45) is 0 Å². The quantitative estimate of drug-likeness (QED) is 0.259. The van der Waals surface area contributed by atoms with Crippen molar-refractivity contribution in [3.63, 3.8) is 0 Å². The first-order valence-electron chi connectivity index (χ1n) is 9.57. The van der Waals surface area contributed by atoms with Crippen molar-refractivity contribution >= 4 is 35.0 Å². The van der Waals surface area contributed by atoms with Crippen molar-refractivity contribution < 1.29 is 14.3 Å². The molecule has 3 rings (SSSR count). The molecule has 9 heteroatoms. The molecule has 31 heavy (non-hydrogen) atoms. The van der Waals surface area contributed by atoms with E-state index in [1.165, 1.54) is 11.8 Å². The second kappa shape index (κ2) is 11.4. The third kappa shape index (κ3) is 6.50. The van der Waals surface area contributed by atoms with Crippen LogP contribution in [0.25, 0.3) is 0 Å². The molecule has 0 saturated heterocycles. The van der Waals surface area contributed by atoms with Gasteiger partial charge < -0.3 is 19.4 Å². The van der Waals surface area contributed by atoms with Gasteiger partial charge >= 0.3 is 0 Å². The Hall–Kier alpha value is -2.97. The summed E-state index contributed by atoms with van der Waals surface area (Å²) < 4.78 is 13.0. The Morgan fingerprint density at radius 2 is 1.94 bits per heavy atom. The van der Waals surface area contributed by atoms with Gasteiger partial charge in [0.05, 0.1) is 20.1 Å². The van der Waals surface area contributed by atoms with Crippen LogP contribution in [0.1, 0.15) is 5.82 Å².